The first-order valence-corrected chi connectivity index (χ1v) is 15.0. The molecule has 3 atom stereocenters. The maximum absolute atomic E-state index is 13.5. The maximum atomic E-state index is 13.5. The van der Waals surface area contributed by atoms with Crippen LogP contribution in [0, 0.1) is 15.0 Å². The third kappa shape index (κ3) is 12.3. The number of nitrogens with one attached hydrogen (secondary N) is 4. The predicted octanol–water partition coefficient (Wildman–Crippen LogP) is 0.324. The number of nitro groups is 1. The zero-order valence-corrected chi connectivity index (χ0v) is 26.2. The predicted molar refractivity (Wildman–Crippen MR) is 178 cm³/mol. The lowest BCUT2D eigenvalue weighted by atomic mass is 10.0. The molecule has 0 aliphatic carbocycles. The van der Waals surface area contributed by atoms with E-state index in [0.717, 1.165) is 17.2 Å². The average Bonchev–Trinajstić information content (AvgIpc) is 3.07. The molecule has 0 spiro atoms. The van der Waals surface area contributed by atoms with Crippen molar-refractivity contribution >= 4 is 49.5 Å². The van der Waals surface area contributed by atoms with Crippen LogP contribution in [0.25, 0.3) is 0 Å². The highest BCUT2D eigenvalue weighted by atomic mass is 31.1. The quantitative estimate of drug-likeness (QED) is 0.0249. The zero-order valence-electron chi connectivity index (χ0n) is 25.2. The zero-order chi connectivity index (χ0) is 34.8. The molecule has 3 aromatic carbocycles. The van der Waals surface area contributed by atoms with Crippen LogP contribution in [0.4, 0.5) is 22.7 Å². The number of carbonyl (C=O) groups excluding carboxylic acids is 3. The Hall–Kier alpha value is -5.06. The minimum Gasteiger partial charge on any atom is -0.395 e. The summed E-state index contributed by atoms with van der Waals surface area (Å²) in [5, 5.41) is 24.8. The lowest BCUT2D eigenvalue weighted by Gasteiger charge is -2.24. The van der Waals surface area contributed by atoms with Gasteiger partial charge in [0.05, 0.1) is 22.3 Å². The number of benzene rings is 3. The van der Waals surface area contributed by atoms with Gasteiger partial charge in [-0.3, -0.25) is 24.5 Å². The number of nitrogens with two attached hydrogens (primary N) is 3. The number of nitro benzene ring substituents is 1. The van der Waals surface area contributed by atoms with Gasteiger partial charge in [0.1, 0.15) is 21.1 Å². The number of hydrogen-bond acceptors (Lipinski definition) is 13. The van der Waals surface area contributed by atoms with E-state index in [0.29, 0.717) is 0 Å². The van der Waals surface area contributed by atoms with Crippen LogP contribution in [0.3, 0.4) is 0 Å². The van der Waals surface area contributed by atoms with E-state index in [4.69, 9.17) is 27.0 Å². The van der Waals surface area contributed by atoms with Crippen molar-refractivity contribution < 1.29 is 29.1 Å². The fourth-order valence-corrected chi connectivity index (χ4v) is 4.28. The van der Waals surface area contributed by atoms with Gasteiger partial charge in [0, 0.05) is 38.5 Å². The summed E-state index contributed by atoms with van der Waals surface area (Å²) in [4.78, 5) is 75.1. The van der Waals surface area contributed by atoms with E-state index in [-0.39, 0.29) is 43.9 Å². The van der Waals surface area contributed by atoms with Crippen molar-refractivity contribution in [2.24, 2.45) is 16.6 Å². The SMILES string of the molecule is NCC(N)C(=O)NC(Cc1ccccc1)C(=O)NC(Cc1ccccc1)C(=O)NCCNc1ccc([N+](=O)[O-])c(N=O)c1N.OPO. The normalized spacial score (nSPS) is 12.3. The Kier molecular flexibility index (Phi) is 16.3. The van der Waals surface area contributed by atoms with E-state index in [9.17, 15) is 29.4 Å². The van der Waals surface area contributed by atoms with Gasteiger partial charge in [-0.25, -0.2) is 0 Å². The summed E-state index contributed by atoms with van der Waals surface area (Å²) < 4.78 is 0. The van der Waals surface area contributed by atoms with Crippen molar-refractivity contribution in [1.29, 1.82) is 0 Å². The van der Waals surface area contributed by atoms with Crippen molar-refractivity contribution in [3.8, 4) is 0 Å². The summed E-state index contributed by atoms with van der Waals surface area (Å²) in [5.41, 5.74) is 17.7. The molecule has 3 amide bonds. The molecule has 3 unspecified atom stereocenters. The van der Waals surface area contributed by atoms with Crippen LogP contribution in [-0.2, 0) is 27.2 Å². The average molecular weight is 672 g/mol. The van der Waals surface area contributed by atoms with Gasteiger partial charge in [0.2, 0.25) is 23.4 Å². The van der Waals surface area contributed by atoms with Crippen molar-refractivity contribution in [2.75, 3.05) is 30.7 Å². The largest absolute Gasteiger partial charge is 0.395 e. The van der Waals surface area contributed by atoms with E-state index >= 15 is 0 Å². The third-order valence-electron chi connectivity index (χ3n) is 6.65. The number of nitroso groups, excluding NO2 is 1. The highest BCUT2D eigenvalue weighted by Crippen LogP contribution is 2.38. The Balaban J connectivity index is 0.00000246. The lowest BCUT2D eigenvalue weighted by molar-refractivity contribution is -0.384. The first-order chi connectivity index (χ1) is 22.6. The smallest absolute Gasteiger partial charge is 0.300 e. The number of amides is 3. The highest BCUT2D eigenvalue weighted by molar-refractivity contribution is 7.23. The van der Waals surface area contributed by atoms with Gasteiger partial charge in [0.15, 0.2) is 0 Å². The molecule has 0 saturated heterocycles. The van der Waals surface area contributed by atoms with Crippen LogP contribution in [0.5, 0.6) is 0 Å². The molecule has 3 rings (SSSR count). The molecule has 0 radical (unpaired) electrons. The molecule has 18 heteroatoms. The second-order valence-corrected chi connectivity index (χ2v) is 10.1. The van der Waals surface area contributed by atoms with Crippen LogP contribution in [0.1, 0.15) is 11.1 Å². The Morgan fingerprint density at radius 1 is 0.851 bits per heavy atom. The molecule has 12 N–H and O–H groups in total. The Labute approximate surface area is 271 Å². The van der Waals surface area contributed by atoms with Gasteiger partial charge in [-0.15, -0.1) is 4.91 Å². The third-order valence-corrected chi connectivity index (χ3v) is 6.65. The van der Waals surface area contributed by atoms with Crippen LogP contribution >= 0.6 is 9.03 Å². The molecule has 0 fully saturated rings. The second kappa shape index (κ2) is 20.1. The molecule has 0 aromatic heterocycles. The lowest BCUT2D eigenvalue weighted by Crippen LogP contribution is -2.57. The molecule has 0 bridgehead atoms. The molecule has 47 heavy (non-hydrogen) atoms. The molecule has 17 nitrogen and oxygen atoms in total. The Morgan fingerprint density at radius 3 is 1.85 bits per heavy atom. The van der Waals surface area contributed by atoms with E-state index in [2.05, 4.69) is 26.4 Å². The fraction of sp³-hybridized carbons (Fsp3) is 0.276. The minimum absolute atomic E-state index is 0.0653. The van der Waals surface area contributed by atoms with Crippen LogP contribution in [0.15, 0.2) is 78.0 Å². The fourth-order valence-electron chi connectivity index (χ4n) is 4.28. The van der Waals surface area contributed by atoms with Crippen molar-refractivity contribution in [3.63, 3.8) is 0 Å². The second-order valence-electron chi connectivity index (χ2n) is 9.90. The van der Waals surface area contributed by atoms with Crippen molar-refractivity contribution in [2.45, 2.75) is 31.0 Å². The van der Waals surface area contributed by atoms with E-state index in [1.54, 1.807) is 24.3 Å². The first kappa shape index (κ1) is 38.1. The van der Waals surface area contributed by atoms with Gasteiger partial charge in [0.25, 0.3) is 0 Å². The minimum atomic E-state index is -1.04. The van der Waals surface area contributed by atoms with E-state index < -0.39 is 61.2 Å². The standard InChI is InChI=1S/C29H35N9O6.H3O2P/c30-17-20(31)27(39)35-23(16-19-9-5-2-6-10-19)29(41)36-22(15-18-7-3-1-4-8-18)28(40)34-14-13-33-21-11-12-24(38(43)44)26(37-42)25(21)32;1-3-2/h1-12,20,22-23,33H,13-17,30-32H2,(H,34,40)(H,35,39)(H,36,41);1-3H. The van der Waals surface area contributed by atoms with Crippen LogP contribution in [0.2, 0.25) is 0 Å². The summed E-state index contributed by atoms with van der Waals surface area (Å²) in [6, 6.07) is 17.5. The summed E-state index contributed by atoms with van der Waals surface area (Å²) in [5.74, 6) is -1.69. The molecular weight excluding hydrogens is 633 g/mol. The number of nitrogens with zero attached hydrogens (tertiary/aromatic N) is 2. The van der Waals surface area contributed by atoms with Gasteiger partial charge in [-0.2, -0.15) is 0 Å². The molecule has 3 aromatic rings. The van der Waals surface area contributed by atoms with Gasteiger partial charge < -0.3 is 48.3 Å². The monoisotopic (exact) mass is 671 g/mol. The van der Waals surface area contributed by atoms with Gasteiger partial charge in [-0.1, -0.05) is 60.7 Å². The van der Waals surface area contributed by atoms with Crippen LogP contribution < -0.4 is 38.5 Å². The number of nitrogen functional groups attached to an aromatic ring is 1. The Bertz CT molecular complexity index is 1490. The van der Waals surface area contributed by atoms with Gasteiger partial charge in [-0.05, 0) is 22.4 Å². The summed E-state index contributed by atoms with van der Waals surface area (Å²) >= 11 is 0. The molecular formula is C29H38N9O8P. The topological polar surface area (TPSA) is 290 Å². The number of anilines is 2. The van der Waals surface area contributed by atoms with Crippen molar-refractivity contribution in [1.82, 2.24) is 16.0 Å². The molecule has 0 heterocycles. The summed E-state index contributed by atoms with van der Waals surface area (Å²) in [6.45, 7) is 0.0780. The maximum Gasteiger partial charge on any atom is 0.300 e. The number of rotatable bonds is 16. The molecule has 252 valence electrons. The molecule has 0 aliphatic rings. The molecule has 0 aliphatic heterocycles. The Morgan fingerprint density at radius 2 is 1.36 bits per heavy atom. The van der Waals surface area contributed by atoms with Crippen LogP contribution in [-0.4, -0.2) is 70.2 Å². The highest BCUT2D eigenvalue weighted by Gasteiger charge is 2.28. The van der Waals surface area contributed by atoms with Gasteiger partial charge >= 0.3 is 5.69 Å². The summed E-state index contributed by atoms with van der Waals surface area (Å²) in [7, 11) is -0.917. The number of carbonyl (C=O) groups is 3. The summed E-state index contributed by atoms with van der Waals surface area (Å²) in [6.07, 6.45) is 0.303. The molecule has 0 saturated carbocycles. The first-order valence-electron chi connectivity index (χ1n) is 14.1. The van der Waals surface area contributed by atoms with E-state index in [1.165, 1.54) is 6.07 Å². The van der Waals surface area contributed by atoms with E-state index in [1.807, 2.05) is 36.4 Å². The van der Waals surface area contributed by atoms with Crippen molar-refractivity contribution in [3.05, 3.63) is 98.9 Å². The number of hydrogen-bond donors (Lipinski definition) is 9.